The second kappa shape index (κ2) is 7.45. The molecule has 2 N–H and O–H groups in total. The number of sulfonamides is 1. The molecular formula is C12H21N3O2S. The maximum absolute atomic E-state index is 11.7. The maximum atomic E-state index is 11.7. The number of hydrogen-bond donors (Lipinski definition) is 2. The van der Waals surface area contributed by atoms with Gasteiger partial charge in [-0.05, 0) is 32.0 Å². The normalized spacial score (nSPS) is 11.7. The molecule has 0 aliphatic carbocycles. The van der Waals surface area contributed by atoms with Crippen LogP contribution in [0.2, 0.25) is 0 Å². The van der Waals surface area contributed by atoms with Gasteiger partial charge in [0.1, 0.15) is 0 Å². The van der Waals surface area contributed by atoms with Gasteiger partial charge in [-0.2, -0.15) is 0 Å². The average molecular weight is 271 g/mol. The Kier molecular flexibility index (Phi) is 6.24. The van der Waals surface area contributed by atoms with Crippen molar-refractivity contribution in [2.24, 2.45) is 0 Å². The summed E-state index contributed by atoms with van der Waals surface area (Å²) in [5.41, 5.74) is 1.62. The summed E-state index contributed by atoms with van der Waals surface area (Å²) in [5.74, 6) is 0.0960. The second-order valence-electron chi connectivity index (χ2n) is 4.16. The molecule has 1 aromatic rings. The Morgan fingerprint density at radius 3 is 2.72 bits per heavy atom. The monoisotopic (exact) mass is 271 g/mol. The molecule has 0 amide bonds. The van der Waals surface area contributed by atoms with Gasteiger partial charge in [-0.25, -0.2) is 13.1 Å². The van der Waals surface area contributed by atoms with Crippen molar-refractivity contribution in [3.8, 4) is 0 Å². The van der Waals surface area contributed by atoms with Crippen LogP contribution in [0.3, 0.4) is 0 Å². The molecule has 0 radical (unpaired) electrons. The number of aryl methyl sites for hydroxylation is 1. The number of nitrogens with zero attached hydrogens (tertiary/aromatic N) is 1. The van der Waals surface area contributed by atoms with Gasteiger partial charge in [0.25, 0.3) is 0 Å². The topological polar surface area (TPSA) is 71.1 Å². The highest BCUT2D eigenvalue weighted by Gasteiger charge is 2.09. The molecule has 0 fully saturated rings. The molecule has 102 valence electrons. The lowest BCUT2D eigenvalue weighted by molar-refractivity contribution is 0.575. The lowest BCUT2D eigenvalue weighted by atomic mass is 10.3. The predicted octanol–water partition coefficient (Wildman–Crippen LogP) is 0.809. The molecule has 0 saturated carbocycles. The van der Waals surface area contributed by atoms with E-state index in [-0.39, 0.29) is 12.3 Å². The van der Waals surface area contributed by atoms with Crippen molar-refractivity contribution in [3.05, 3.63) is 29.6 Å². The summed E-state index contributed by atoms with van der Waals surface area (Å²) in [4.78, 5) is 4.24. The molecule has 0 aliphatic rings. The van der Waals surface area contributed by atoms with Crippen molar-refractivity contribution < 1.29 is 8.42 Å². The molecule has 0 aliphatic heterocycles. The zero-order valence-electron chi connectivity index (χ0n) is 10.9. The molecular weight excluding hydrogens is 250 g/mol. The van der Waals surface area contributed by atoms with Crippen LogP contribution in [0.4, 0.5) is 0 Å². The first-order valence-corrected chi connectivity index (χ1v) is 7.79. The van der Waals surface area contributed by atoms with E-state index in [0.29, 0.717) is 6.54 Å². The Bertz CT molecular complexity index is 460. The molecule has 1 rings (SSSR count). The summed E-state index contributed by atoms with van der Waals surface area (Å²) < 4.78 is 25.9. The standard InChI is InChI=1S/C12H21N3O2S/c1-3-7-13-8-9-18(16,17)14-10-12-6-4-5-11(2)15-12/h4-6,13-14H,3,7-10H2,1-2H3. The van der Waals surface area contributed by atoms with Gasteiger partial charge < -0.3 is 5.32 Å². The van der Waals surface area contributed by atoms with Crippen molar-refractivity contribution in [2.75, 3.05) is 18.8 Å². The molecule has 18 heavy (non-hydrogen) atoms. The van der Waals surface area contributed by atoms with Gasteiger partial charge >= 0.3 is 0 Å². The predicted molar refractivity (Wildman–Crippen MR) is 72.8 cm³/mol. The minimum Gasteiger partial charge on any atom is -0.316 e. The fourth-order valence-corrected chi connectivity index (χ4v) is 2.39. The van der Waals surface area contributed by atoms with Crippen LogP contribution in [0.5, 0.6) is 0 Å². The smallest absolute Gasteiger partial charge is 0.213 e. The fraction of sp³-hybridized carbons (Fsp3) is 0.583. The molecule has 0 spiro atoms. The molecule has 5 nitrogen and oxygen atoms in total. The Hall–Kier alpha value is -0.980. The van der Waals surface area contributed by atoms with Crippen molar-refractivity contribution in [1.29, 1.82) is 0 Å². The van der Waals surface area contributed by atoms with E-state index in [0.717, 1.165) is 24.4 Å². The molecule has 0 bridgehead atoms. The first kappa shape index (κ1) is 15.1. The molecule has 0 unspecified atom stereocenters. The minimum atomic E-state index is -3.23. The van der Waals surface area contributed by atoms with E-state index >= 15 is 0 Å². The summed E-state index contributed by atoms with van der Waals surface area (Å²) in [6.45, 7) is 5.49. The highest BCUT2D eigenvalue weighted by Crippen LogP contribution is 1.98. The third kappa shape index (κ3) is 6.09. The van der Waals surface area contributed by atoms with Crippen LogP contribution >= 0.6 is 0 Å². The van der Waals surface area contributed by atoms with Crippen molar-refractivity contribution >= 4 is 10.0 Å². The molecule has 1 heterocycles. The van der Waals surface area contributed by atoms with E-state index in [2.05, 4.69) is 15.0 Å². The van der Waals surface area contributed by atoms with Crippen LogP contribution in [0.1, 0.15) is 24.7 Å². The van der Waals surface area contributed by atoms with E-state index in [1.807, 2.05) is 32.0 Å². The summed E-state index contributed by atoms with van der Waals surface area (Å²) in [7, 11) is -3.23. The number of rotatable bonds is 8. The van der Waals surface area contributed by atoms with E-state index in [1.54, 1.807) is 0 Å². The molecule has 1 aromatic heterocycles. The molecule has 0 saturated heterocycles. The molecule has 0 aromatic carbocycles. The van der Waals surface area contributed by atoms with Crippen molar-refractivity contribution in [1.82, 2.24) is 15.0 Å². The fourth-order valence-electron chi connectivity index (χ4n) is 1.46. The van der Waals surface area contributed by atoms with Gasteiger partial charge in [0.05, 0.1) is 18.0 Å². The van der Waals surface area contributed by atoms with E-state index < -0.39 is 10.0 Å². The minimum absolute atomic E-state index is 0.0960. The summed E-state index contributed by atoms with van der Waals surface area (Å²) in [6, 6.07) is 5.56. The van der Waals surface area contributed by atoms with Crippen LogP contribution in [0, 0.1) is 6.92 Å². The number of nitrogens with one attached hydrogen (secondary N) is 2. The highest BCUT2D eigenvalue weighted by atomic mass is 32.2. The zero-order valence-corrected chi connectivity index (χ0v) is 11.8. The Morgan fingerprint density at radius 1 is 1.28 bits per heavy atom. The Balaban J connectivity index is 2.37. The first-order chi connectivity index (χ1) is 8.53. The van der Waals surface area contributed by atoms with Crippen LogP contribution < -0.4 is 10.0 Å². The van der Waals surface area contributed by atoms with E-state index in [4.69, 9.17) is 0 Å². The SMILES string of the molecule is CCCNCCS(=O)(=O)NCc1cccc(C)n1. The lowest BCUT2D eigenvalue weighted by Gasteiger charge is -2.07. The lowest BCUT2D eigenvalue weighted by Crippen LogP contribution is -2.32. The highest BCUT2D eigenvalue weighted by molar-refractivity contribution is 7.89. The van der Waals surface area contributed by atoms with Gasteiger partial charge in [0.15, 0.2) is 0 Å². The first-order valence-electron chi connectivity index (χ1n) is 6.14. The quantitative estimate of drug-likeness (QED) is 0.686. The summed E-state index contributed by atoms with van der Waals surface area (Å²) in [6.07, 6.45) is 1.00. The van der Waals surface area contributed by atoms with E-state index in [9.17, 15) is 8.42 Å². The Morgan fingerprint density at radius 2 is 2.06 bits per heavy atom. The number of aromatic nitrogens is 1. The van der Waals surface area contributed by atoms with Crippen LogP contribution in [0.15, 0.2) is 18.2 Å². The maximum Gasteiger partial charge on any atom is 0.213 e. The van der Waals surface area contributed by atoms with Gasteiger partial charge in [-0.3, -0.25) is 4.98 Å². The molecule has 6 heteroatoms. The van der Waals surface area contributed by atoms with Crippen molar-refractivity contribution in [3.63, 3.8) is 0 Å². The van der Waals surface area contributed by atoms with Crippen molar-refractivity contribution in [2.45, 2.75) is 26.8 Å². The number of hydrogen-bond acceptors (Lipinski definition) is 4. The number of pyridine rings is 1. The Labute approximate surface area is 109 Å². The molecule has 0 atom stereocenters. The third-order valence-corrected chi connectivity index (χ3v) is 3.72. The largest absolute Gasteiger partial charge is 0.316 e. The third-order valence-electron chi connectivity index (χ3n) is 2.39. The van der Waals surface area contributed by atoms with Crippen LogP contribution in [-0.2, 0) is 16.6 Å². The second-order valence-corrected chi connectivity index (χ2v) is 6.09. The average Bonchev–Trinajstić information content (AvgIpc) is 2.33. The van der Waals surface area contributed by atoms with Gasteiger partial charge in [-0.15, -0.1) is 0 Å². The van der Waals surface area contributed by atoms with Crippen LogP contribution in [-0.4, -0.2) is 32.2 Å². The summed E-state index contributed by atoms with van der Waals surface area (Å²) >= 11 is 0. The summed E-state index contributed by atoms with van der Waals surface area (Å²) in [5, 5.41) is 3.06. The van der Waals surface area contributed by atoms with Gasteiger partial charge in [0.2, 0.25) is 10.0 Å². The van der Waals surface area contributed by atoms with Crippen LogP contribution in [0.25, 0.3) is 0 Å². The van der Waals surface area contributed by atoms with Gasteiger partial charge in [0, 0.05) is 12.2 Å². The zero-order chi connectivity index (χ0) is 13.4. The van der Waals surface area contributed by atoms with Gasteiger partial charge in [-0.1, -0.05) is 13.0 Å². The van der Waals surface area contributed by atoms with E-state index in [1.165, 1.54) is 0 Å².